The van der Waals surface area contributed by atoms with Gasteiger partial charge in [0.15, 0.2) is 0 Å². The van der Waals surface area contributed by atoms with E-state index >= 15 is 0 Å². The molecule has 4 fully saturated rings. The third-order valence-electron chi connectivity index (χ3n) is 7.75. The standard InChI is InChI=1S/C24H34FN3O2/c25-21-5-3-4-18(12-21)13-23-20-14-19(22-6-1-2-7-28(22)23)15-26(16-20)17-24(29)27-8-10-30-11-9-27/h3-5,12,19-20,22-23H,1-2,6-11,13-17H2/t19-,20+,22+,23+/m1/s1. The Labute approximate surface area is 179 Å². The second-order valence-corrected chi connectivity index (χ2v) is 9.65. The molecule has 1 aromatic rings. The molecular formula is C24H34FN3O2. The molecule has 0 aromatic heterocycles. The van der Waals surface area contributed by atoms with Gasteiger partial charge in [-0.15, -0.1) is 0 Å². The van der Waals surface area contributed by atoms with E-state index in [1.54, 1.807) is 6.07 Å². The van der Waals surface area contributed by atoms with Crippen LogP contribution in [-0.4, -0.2) is 85.2 Å². The molecule has 0 spiro atoms. The second-order valence-electron chi connectivity index (χ2n) is 9.65. The molecule has 4 saturated heterocycles. The molecule has 1 aromatic carbocycles. The average molecular weight is 416 g/mol. The van der Waals surface area contributed by atoms with Crippen molar-refractivity contribution in [3.8, 4) is 0 Å². The van der Waals surface area contributed by atoms with Crippen LogP contribution >= 0.6 is 0 Å². The van der Waals surface area contributed by atoms with E-state index in [0.29, 0.717) is 43.7 Å². The quantitative estimate of drug-likeness (QED) is 0.757. The smallest absolute Gasteiger partial charge is 0.236 e. The first-order valence-electron chi connectivity index (χ1n) is 11.8. The van der Waals surface area contributed by atoms with E-state index in [4.69, 9.17) is 4.74 Å². The minimum Gasteiger partial charge on any atom is -0.378 e. The molecule has 164 valence electrons. The lowest BCUT2D eigenvalue weighted by molar-refractivity contribution is -0.139. The molecule has 2 bridgehead atoms. The van der Waals surface area contributed by atoms with Crippen molar-refractivity contribution in [1.29, 1.82) is 0 Å². The number of carbonyl (C=O) groups excluding carboxylic acids is 1. The zero-order valence-corrected chi connectivity index (χ0v) is 17.8. The van der Waals surface area contributed by atoms with Crippen LogP contribution in [0, 0.1) is 17.7 Å². The van der Waals surface area contributed by atoms with Crippen LogP contribution in [0.2, 0.25) is 0 Å². The Hall–Kier alpha value is -1.50. The molecule has 5 rings (SSSR count). The number of benzene rings is 1. The number of ether oxygens (including phenoxy) is 1. The number of piperidine rings is 3. The Balaban J connectivity index is 1.31. The number of hydrogen-bond acceptors (Lipinski definition) is 4. The van der Waals surface area contributed by atoms with Crippen LogP contribution in [0.25, 0.3) is 0 Å². The fourth-order valence-electron chi connectivity index (χ4n) is 6.42. The van der Waals surface area contributed by atoms with Crippen molar-refractivity contribution in [3.05, 3.63) is 35.6 Å². The Morgan fingerprint density at radius 1 is 1.10 bits per heavy atom. The van der Waals surface area contributed by atoms with E-state index in [-0.39, 0.29) is 11.7 Å². The Bertz CT molecular complexity index is 754. The molecule has 4 atom stereocenters. The second kappa shape index (κ2) is 8.93. The van der Waals surface area contributed by atoms with Crippen LogP contribution in [0.15, 0.2) is 24.3 Å². The number of amides is 1. The summed E-state index contributed by atoms with van der Waals surface area (Å²) < 4.78 is 19.2. The number of likely N-dealkylation sites (tertiary alicyclic amines) is 1. The number of hydrogen-bond donors (Lipinski definition) is 0. The van der Waals surface area contributed by atoms with E-state index < -0.39 is 0 Å². The average Bonchev–Trinajstić information content (AvgIpc) is 2.77. The maximum Gasteiger partial charge on any atom is 0.236 e. The van der Waals surface area contributed by atoms with Gasteiger partial charge < -0.3 is 9.64 Å². The summed E-state index contributed by atoms with van der Waals surface area (Å²) in [5, 5.41) is 0. The first kappa shape index (κ1) is 20.4. The lowest BCUT2D eigenvalue weighted by Crippen LogP contribution is -2.64. The first-order valence-corrected chi connectivity index (χ1v) is 11.8. The third-order valence-corrected chi connectivity index (χ3v) is 7.75. The fraction of sp³-hybridized carbons (Fsp3) is 0.708. The molecule has 5 nitrogen and oxygen atoms in total. The van der Waals surface area contributed by atoms with Crippen LogP contribution in [0.4, 0.5) is 4.39 Å². The van der Waals surface area contributed by atoms with Gasteiger partial charge in [-0.05, 0) is 61.8 Å². The maximum absolute atomic E-state index is 13.8. The summed E-state index contributed by atoms with van der Waals surface area (Å²) in [6.45, 7) is 6.48. The van der Waals surface area contributed by atoms with Crippen molar-refractivity contribution in [2.45, 2.75) is 44.2 Å². The highest BCUT2D eigenvalue weighted by molar-refractivity contribution is 5.78. The number of carbonyl (C=O) groups is 1. The van der Waals surface area contributed by atoms with E-state index in [1.165, 1.54) is 38.3 Å². The summed E-state index contributed by atoms with van der Waals surface area (Å²) in [5.74, 6) is 1.32. The van der Waals surface area contributed by atoms with E-state index in [9.17, 15) is 9.18 Å². The SMILES string of the molecule is O=C(CN1C[C@H]2C[C@@H](C1)[C@H](Cc1cccc(F)c1)N1CCCC[C@@H]21)N1CCOCC1. The van der Waals surface area contributed by atoms with Gasteiger partial charge in [-0.3, -0.25) is 14.6 Å². The van der Waals surface area contributed by atoms with Crippen LogP contribution in [0.5, 0.6) is 0 Å². The van der Waals surface area contributed by atoms with E-state index in [1.807, 2.05) is 11.0 Å². The van der Waals surface area contributed by atoms with E-state index in [0.717, 1.165) is 38.2 Å². The normalized spacial score (nSPS) is 32.6. The summed E-state index contributed by atoms with van der Waals surface area (Å²) in [5.41, 5.74) is 1.10. The first-order chi connectivity index (χ1) is 14.7. The molecule has 0 aliphatic carbocycles. The molecular weight excluding hydrogens is 381 g/mol. The number of morpholine rings is 1. The number of halogens is 1. The van der Waals surface area contributed by atoms with Gasteiger partial charge in [-0.1, -0.05) is 18.6 Å². The zero-order chi connectivity index (χ0) is 20.5. The summed E-state index contributed by atoms with van der Waals surface area (Å²) in [6.07, 6.45) is 6.01. The lowest BCUT2D eigenvalue weighted by atomic mass is 9.71. The Morgan fingerprint density at radius 3 is 2.77 bits per heavy atom. The molecule has 1 amide bonds. The number of rotatable bonds is 4. The van der Waals surface area contributed by atoms with Crippen molar-refractivity contribution in [1.82, 2.24) is 14.7 Å². The summed E-state index contributed by atoms with van der Waals surface area (Å²) in [6, 6.07) is 8.20. The topological polar surface area (TPSA) is 36.0 Å². The monoisotopic (exact) mass is 415 g/mol. The highest BCUT2D eigenvalue weighted by Crippen LogP contribution is 2.42. The molecule has 4 aliphatic rings. The van der Waals surface area contributed by atoms with Crippen LogP contribution < -0.4 is 0 Å². The van der Waals surface area contributed by atoms with Gasteiger partial charge in [0.2, 0.25) is 5.91 Å². The minimum absolute atomic E-state index is 0.141. The van der Waals surface area contributed by atoms with Crippen molar-refractivity contribution in [2.75, 3.05) is 52.5 Å². The molecule has 0 N–H and O–H groups in total. The van der Waals surface area contributed by atoms with Crippen LogP contribution in [-0.2, 0) is 16.0 Å². The number of nitrogens with zero attached hydrogens (tertiary/aromatic N) is 3. The highest BCUT2D eigenvalue weighted by Gasteiger charge is 2.47. The zero-order valence-electron chi connectivity index (χ0n) is 17.8. The Kier molecular flexibility index (Phi) is 6.07. The fourth-order valence-corrected chi connectivity index (χ4v) is 6.42. The number of fused-ring (bicyclic) bond motifs is 4. The van der Waals surface area contributed by atoms with Gasteiger partial charge in [-0.2, -0.15) is 0 Å². The van der Waals surface area contributed by atoms with Gasteiger partial charge in [0, 0.05) is 38.3 Å². The molecule has 4 heterocycles. The molecule has 0 radical (unpaired) electrons. The van der Waals surface area contributed by atoms with Crippen molar-refractivity contribution in [3.63, 3.8) is 0 Å². The van der Waals surface area contributed by atoms with Gasteiger partial charge in [0.1, 0.15) is 5.82 Å². The third kappa shape index (κ3) is 4.27. The predicted molar refractivity (Wildman–Crippen MR) is 114 cm³/mol. The molecule has 0 saturated carbocycles. The van der Waals surface area contributed by atoms with Gasteiger partial charge in [0.25, 0.3) is 0 Å². The van der Waals surface area contributed by atoms with Gasteiger partial charge >= 0.3 is 0 Å². The van der Waals surface area contributed by atoms with Crippen LogP contribution in [0.3, 0.4) is 0 Å². The van der Waals surface area contributed by atoms with Crippen LogP contribution in [0.1, 0.15) is 31.2 Å². The minimum atomic E-state index is -0.141. The highest BCUT2D eigenvalue weighted by atomic mass is 19.1. The largest absolute Gasteiger partial charge is 0.378 e. The molecule has 4 aliphatic heterocycles. The molecule has 30 heavy (non-hydrogen) atoms. The van der Waals surface area contributed by atoms with Crippen molar-refractivity contribution < 1.29 is 13.9 Å². The van der Waals surface area contributed by atoms with Crippen molar-refractivity contribution in [2.24, 2.45) is 11.8 Å². The lowest BCUT2D eigenvalue weighted by Gasteiger charge is -2.57. The molecule has 6 heteroatoms. The summed E-state index contributed by atoms with van der Waals surface area (Å²) in [4.78, 5) is 20.0. The Morgan fingerprint density at radius 2 is 1.93 bits per heavy atom. The summed E-state index contributed by atoms with van der Waals surface area (Å²) in [7, 11) is 0. The van der Waals surface area contributed by atoms with Gasteiger partial charge in [0.05, 0.1) is 19.8 Å². The van der Waals surface area contributed by atoms with Crippen molar-refractivity contribution >= 4 is 5.91 Å². The summed E-state index contributed by atoms with van der Waals surface area (Å²) >= 11 is 0. The maximum atomic E-state index is 13.8. The van der Waals surface area contributed by atoms with E-state index in [2.05, 4.69) is 15.9 Å². The van der Waals surface area contributed by atoms with Gasteiger partial charge in [-0.25, -0.2) is 4.39 Å². The predicted octanol–water partition coefficient (Wildman–Crippen LogP) is 2.40. The molecule has 0 unspecified atom stereocenters.